The molecule has 1 amide bonds. The first kappa shape index (κ1) is 19.7. The number of rotatable bonds is 8. The highest BCUT2D eigenvalue weighted by Crippen LogP contribution is 2.14. The smallest absolute Gasteiger partial charge is 0.224 e. The molecular weight excluding hydrogens is 364 g/mol. The van der Waals surface area contributed by atoms with Crippen LogP contribution in [0.2, 0.25) is 5.02 Å². The molecule has 5 nitrogen and oxygen atoms in total. The van der Waals surface area contributed by atoms with E-state index in [1.54, 1.807) is 6.07 Å². The minimum absolute atomic E-state index is 0.0316. The summed E-state index contributed by atoms with van der Waals surface area (Å²) < 4.78 is 11.2. The number of nitrogens with one attached hydrogen (secondary N) is 1. The van der Waals surface area contributed by atoms with E-state index in [-0.39, 0.29) is 5.91 Å². The van der Waals surface area contributed by atoms with Gasteiger partial charge in [0.05, 0.1) is 19.6 Å². The predicted molar refractivity (Wildman–Crippen MR) is 106 cm³/mol. The Labute approximate surface area is 165 Å². The standard InChI is InChI=1S/C21H25ClN2O3/c22-19-5-1-3-17(13-19)15-21(25)23-16-18-4-2-6-20(14-18)27-12-9-24-7-10-26-11-8-24/h1-6,13-14H,7-12,15-16H2,(H,23,25). The summed E-state index contributed by atoms with van der Waals surface area (Å²) in [4.78, 5) is 14.5. The molecule has 0 aliphatic carbocycles. The minimum Gasteiger partial charge on any atom is -0.492 e. The van der Waals surface area contributed by atoms with Crippen molar-refractivity contribution in [2.24, 2.45) is 0 Å². The van der Waals surface area contributed by atoms with Crippen LogP contribution in [-0.4, -0.2) is 50.3 Å². The Bertz CT molecular complexity index is 748. The number of carbonyl (C=O) groups is 1. The molecule has 1 aliphatic rings. The summed E-state index contributed by atoms with van der Waals surface area (Å²) in [5.74, 6) is 0.792. The molecule has 0 atom stereocenters. The molecule has 1 aliphatic heterocycles. The summed E-state index contributed by atoms with van der Waals surface area (Å²) in [6, 6.07) is 15.2. The topological polar surface area (TPSA) is 50.8 Å². The summed E-state index contributed by atoms with van der Waals surface area (Å²) in [6.07, 6.45) is 0.316. The number of halogens is 1. The van der Waals surface area contributed by atoms with E-state index in [9.17, 15) is 4.79 Å². The number of amides is 1. The zero-order chi connectivity index (χ0) is 18.9. The van der Waals surface area contributed by atoms with E-state index in [4.69, 9.17) is 21.1 Å². The number of hydrogen-bond acceptors (Lipinski definition) is 4. The van der Waals surface area contributed by atoms with Gasteiger partial charge in [-0.3, -0.25) is 9.69 Å². The van der Waals surface area contributed by atoms with Crippen LogP contribution in [-0.2, 0) is 22.5 Å². The maximum absolute atomic E-state index is 12.1. The van der Waals surface area contributed by atoms with E-state index in [0.29, 0.717) is 24.6 Å². The van der Waals surface area contributed by atoms with Crippen LogP contribution < -0.4 is 10.1 Å². The number of nitrogens with zero attached hydrogens (tertiary/aromatic N) is 1. The van der Waals surface area contributed by atoms with Gasteiger partial charge in [0, 0.05) is 31.2 Å². The Balaban J connectivity index is 1.42. The molecule has 2 aromatic rings. The van der Waals surface area contributed by atoms with Gasteiger partial charge in [-0.25, -0.2) is 0 Å². The van der Waals surface area contributed by atoms with Crippen LogP contribution >= 0.6 is 11.6 Å². The van der Waals surface area contributed by atoms with Crippen LogP contribution in [0.4, 0.5) is 0 Å². The third-order valence-corrected chi connectivity index (χ3v) is 4.66. The van der Waals surface area contributed by atoms with Crippen LogP contribution in [0.25, 0.3) is 0 Å². The van der Waals surface area contributed by atoms with Gasteiger partial charge < -0.3 is 14.8 Å². The lowest BCUT2D eigenvalue weighted by Gasteiger charge is -2.26. The summed E-state index contributed by atoms with van der Waals surface area (Å²) in [6.45, 7) is 5.52. The largest absolute Gasteiger partial charge is 0.492 e. The van der Waals surface area contributed by atoms with Gasteiger partial charge in [-0.15, -0.1) is 0 Å². The fourth-order valence-corrected chi connectivity index (χ4v) is 3.17. The zero-order valence-corrected chi connectivity index (χ0v) is 16.1. The monoisotopic (exact) mass is 388 g/mol. The first-order chi connectivity index (χ1) is 13.2. The van der Waals surface area contributed by atoms with Gasteiger partial charge in [0.2, 0.25) is 5.91 Å². The lowest BCUT2D eigenvalue weighted by atomic mass is 10.1. The van der Waals surface area contributed by atoms with Crippen LogP contribution in [0.15, 0.2) is 48.5 Å². The lowest BCUT2D eigenvalue weighted by molar-refractivity contribution is -0.120. The molecule has 1 N–H and O–H groups in total. The van der Waals surface area contributed by atoms with Gasteiger partial charge in [-0.05, 0) is 35.4 Å². The average molecular weight is 389 g/mol. The molecule has 0 spiro atoms. The third kappa shape index (κ3) is 6.86. The van der Waals surface area contributed by atoms with E-state index < -0.39 is 0 Å². The second-order valence-electron chi connectivity index (χ2n) is 6.53. The van der Waals surface area contributed by atoms with E-state index in [2.05, 4.69) is 10.2 Å². The predicted octanol–water partition coefficient (Wildman–Crippen LogP) is 2.91. The molecule has 0 radical (unpaired) electrons. The Kier molecular flexibility index (Phi) is 7.51. The van der Waals surface area contributed by atoms with Crippen LogP contribution in [0.1, 0.15) is 11.1 Å². The molecule has 0 saturated carbocycles. The Hall–Kier alpha value is -2.08. The van der Waals surface area contributed by atoms with Crippen molar-refractivity contribution in [2.45, 2.75) is 13.0 Å². The Morgan fingerprint density at radius 2 is 1.89 bits per heavy atom. The van der Waals surface area contributed by atoms with Crippen molar-refractivity contribution in [3.63, 3.8) is 0 Å². The van der Waals surface area contributed by atoms with Gasteiger partial charge in [-0.1, -0.05) is 35.9 Å². The zero-order valence-electron chi connectivity index (χ0n) is 15.3. The quantitative estimate of drug-likeness (QED) is 0.755. The fourth-order valence-electron chi connectivity index (χ4n) is 2.96. The highest BCUT2D eigenvalue weighted by Gasteiger charge is 2.10. The molecule has 1 saturated heterocycles. The van der Waals surface area contributed by atoms with Crippen molar-refractivity contribution < 1.29 is 14.3 Å². The van der Waals surface area contributed by atoms with Crippen molar-refractivity contribution >= 4 is 17.5 Å². The minimum atomic E-state index is -0.0316. The van der Waals surface area contributed by atoms with Crippen LogP contribution in [0.3, 0.4) is 0 Å². The number of morpholine rings is 1. The maximum Gasteiger partial charge on any atom is 0.224 e. The molecule has 0 bridgehead atoms. The number of benzene rings is 2. The normalized spacial score (nSPS) is 14.7. The first-order valence-electron chi connectivity index (χ1n) is 9.22. The molecule has 0 unspecified atom stereocenters. The molecular formula is C21H25ClN2O3. The van der Waals surface area contributed by atoms with Crippen LogP contribution in [0.5, 0.6) is 5.75 Å². The summed E-state index contributed by atoms with van der Waals surface area (Å²) >= 11 is 5.96. The highest BCUT2D eigenvalue weighted by atomic mass is 35.5. The molecule has 144 valence electrons. The average Bonchev–Trinajstić information content (AvgIpc) is 2.68. The lowest BCUT2D eigenvalue weighted by Crippen LogP contribution is -2.38. The summed E-state index contributed by atoms with van der Waals surface area (Å²) in [5.41, 5.74) is 1.92. The molecule has 2 aromatic carbocycles. The highest BCUT2D eigenvalue weighted by molar-refractivity contribution is 6.30. The second-order valence-corrected chi connectivity index (χ2v) is 6.97. The van der Waals surface area contributed by atoms with Crippen molar-refractivity contribution in [3.8, 4) is 5.75 Å². The van der Waals surface area contributed by atoms with E-state index in [1.807, 2.05) is 42.5 Å². The van der Waals surface area contributed by atoms with Crippen molar-refractivity contribution in [1.82, 2.24) is 10.2 Å². The van der Waals surface area contributed by atoms with Gasteiger partial charge >= 0.3 is 0 Å². The van der Waals surface area contributed by atoms with Gasteiger partial charge in [-0.2, -0.15) is 0 Å². The molecule has 6 heteroatoms. The van der Waals surface area contributed by atoms with E-state index in [0.717, 1.165) is 49.7 Å². The van der Waals surface area contributed by atoms with Gasteiger partial charge in [0.15, 0.2) is 0 Å². The SMILES string of the molecule is O=C(Cc1cccc(Cl)c1)NCc1cccc(OCCN2CCOCC2)c1. The Morgan fingerprint density at radius 3 is 2.70 bits per heavy atom. The molecule has 1 fully saturated rings. The van der Waals surface area contributed by atoms with E-state index in [1.165, 1.54) is 0 Å². The fraction of sp³-hybridized carbons (Fsp3) is 0.381. The molecule has 3 rings (SSSR count). The maximum atomic E-state index is 12.1. The second kappa shape index (κ2) is 10.3. The molecule has 27 heavy (non-hydrogen) atoms. The number of hydrogen-bond donors (Lipinski definition) is 1. The summed E-state index contributed by atoms with van der Waals surface area (Å²) in [5, 5.41) is 3.58. The molecule has 1 heterocycles. The number of carbonyl (C=O) groups excluding carboxylic acids is 1. The first-order valence-corrected chi connectivity index (χ1v) is 9.60. The Morgan fingerprint density at radius 1 is 1.11 bits per heavy atom. The van der Waals surface area contributed by atoms with Gasteiger partial charge in [0.25, 0.3) is 0 Å². The number of ether oxygens (including phenoxy) is 2. The van der Waals surface area contributed by atoms with Crippen molar-refractivity contribution in [3.05, 3.63) is 64.7 Å². The van der Waals surface area contributed by atoms with Crippen molar-refractivity contribution in [1.29, 1.82) is 0 Å². The van der Waals surface area contributed by atoms with E-state index >= 15 is 0 Å². The third-order valence-electron chi connectivity index (χ3n) is 4.42. The van der Waals surface area contributed by atoms with Gasteiger partial charge in [0.1, 0.15) is 12.4 Å². The van der Waals surface area contributed by atoms with Crippen LogP contribution in [0, 0.1) is 0 Å². The van der Waals surface area contributed by atoms with Crippen molar-refractivity contribution in [2.75, 3.05) is 39.5 Å². The molecule has 0 aromatic heterocycles. The summed E-state index contributed by atoms with van der Waals surface area (Å²) in [7, 11) is 0.